The number of carbonyl (C=O) groups excluding carboxylic acids is 4. The normalized spacial score (nSPS) is 17.6. The van der Waals surface area contributed by atoms with Crippen molar-refractivity contribution in [2.24, 2.45) is 9.50 Å². The number of hydrogen-bond acceptors (Lipinski definition) is 6. The zero-order valence-electron chi connectivity index (χ0n) is 21.9. The smallest absolute Gasteiger partial charge is 0.328 e. The molecule has 4 N–H and O–H groups in total. The number of benzene rings is 1. The molecule has 1 aromatic carbocycles. The third-order valence-corrected chi connectivity index (χ3v) is 8.80. The molecule has 12 nitrogen and oxygen atoms in total. The first-order valence-corrected chi connectivity index (χ1v) is 14.6. The van der Waals surface area contributed by atoms with Crippen LogP contribution < -0.4 is 15.8 Å². The maximum Gasteiger partial charge on any atom is 0.354 e. The zero-order chi connectivity index (χ0) is 27.9. The molecule has 0 spiro atoms. The second-order valence-electron chi connectivity index (χ2n) is 10.0. The number of anilines is 1. The van der Waals surface area contributed by atoms with Gasteiger partial charge >= 0.3 is 12.1 Å². The Morgan fingerprint density at radius 3 is 2.41 bits per heavy atom. The second-order valence-corrected chi connectivity index (χ2v) is 11.8. The molecule has 13 heteroatoms. The Morgan fingerprint density at radius 2 is 1.79 bits per heavy atom. The molecular formula is C26H31N7O5S. The minimum atomic E-state index is -3.71. The van der Waals surface area contributed by atoms with E-state index in [1.54, 1.807) is 6.92 Å². The highest BCUT2D eigenvalue weighted by Crippen LogP contribution is 2.38. The van der Waals surface area contributed by atoms with Crippen LogP contribution in [-0.2, 0) is 40.4 Å². The molecule has 2 aliphatic carbocycles. The zero-order valence-corrected chi connectivity index (χ0v) is 22.7. The number of amides is 5. The number of fused-ring (bicyclic) bond motifs is 2. The Balaban J connectivity index is 1.25. The first-order chi connectivity index (χ1) is 18.6. The summed E-state index contributed by atoms with van der Waals surface area (Å²) < 4.78 is 17.7. The summed E-state index contributed by atoms with van der Waals surface area (Å²) in [6.45, 7) is 3.33. The SMILES string of the molecule is CCC1=C(C)CN(C(=O)NCC(=O)n2cc(S(N)(=O)=NC(=O)Nc3c4c(cc5c3CCC5)CCC4)cn2)C1=O. The van der Waals surface area contributed by atoms with Crippen molar-refractivity contribution >= 4 is 39.5 Å². The average Bonchev–Trinajstić information content (AvgIpc) is 3.68. The van der Waals surface area contributed by atoms with E-state index >= 15 is 0 Å². The summed E-state index contributed by atoms with van der Waals surface area (Å²) in [6, 6.07) is 0.714. The highest BCUT2D eigenvalue weighted by Gasteiger charge is 2.32. The van der Waals surface area contributed by atoms with Crippen LogP contribution in [0.2, 0.25) is 0 Å². The van der Waals surface area contributed by atoms with Crippen molar-refractivity contribution in [1.82, 2.24) is 20.0 Å². The molecule has 0 saturated heterocycles. The topological polar surface area (TPSA) is 169 Å². The average molecular weight is 554 g/mol. The van der Waals surface area contributed by atoms with E-state index in [0.29, 0.717) is 12.0 Å². The van der Waals surface area contributed by atoms with Crippen LogP contribution in [-0.4, -0.2) is 55.9 Å². The van der Waals surface area contributed by atoms with Gasteiger partial charge in [-0.3, -0.25) is 14.5 Å². The van der Waals surface area contributed by atoms with Crippen LogP contribution >= 0.6 is 0 Å². The van der Waals surface area contributed by atoms with Gasteiger partial charge in [-0.15, -0.1) is 4.36 Å². The third kappa shape index (κ3) is 5.11. The summed E-state index contributed by atoms with van der Waals surface area (Å²) in [6.07, 6.45) is 8.43. The van der Waals surface area contributed by atoms with Crippen LogP contribution in [0, 0.1) is 0 Å². The van der Waals surface area contributed by atoms with Crippen molar-refractivity contribution in [2.45, 2.75) is 63.7 Å². The Labute approximate surface area is 226 Å². The van der Waals surface area contributed by atoms with Gasteiger partial charge in [0, 0.05) is 11.3 Å². The quantitative estimate of drug-likeness (QED) is 0.514. The Bertz CT molecular complexity index is 1530. The Morgan fingerprint density at radius 1 is 1.13 bits per heavy atom. The van der Waals surface area contributed by atoms with Crippen LogP contribution in [0.4, 0.5) is 15.3 Å². The predicted octanol–water partition coefficient (Wildman–Crippen LogP) is 2.71. The maximum atomic E-state index is 13.1. The number of nitrogens with zero attached hydrogens (tertiary/aromatic N) is 4. The fourth-order valence-electron chi connectivity index (χ4n) is 5.56. The standard InChI is InChI=1S/C26H31N7O5S/c1-3-19-15(2)13-32(24(19)35)26(37)28-12-22(34)33-14-18(11-29-33)39(27,38)31-25(36)30-23-20-8-4-6-16(20)10-17-7-5-9-21(17)23/h10-11,14H,3-9,12-13H2,1-2H3,(H,28,37)(H3,27,30,31,36,38). The number of nitrogens with one attached hydrogen (secondary N) is 2. The van der Waals surface area contributed by atoms with E-state index in [9.17, 15) is 23.4 Å². The third-order valence-electron chi connectivity index (χ3n) is 7.48. The van der Waals surface area contributed by atoms with E-state index < -0.39 is 34.4 Å². The number of nitrogens with two attached hydrogens (primary N) is 1. The minimum Gasteiger partial charge on any atom is -0.328 e. The summed E-state index contributed by atoms with van der Waals surface area (Å²) in [4.78, 5) is 51.1. The highest BCUT2D eigenvalue weighted by molar-refractivity contribution is 7.91. The summed E-state index contributed by atoms with van der Waals surface area (Å²) >= 11 is 0. The molecule has 1 unspecified atom stereocenters. The molecule has 3 aliphatic rings. The molecule has 2 aromatic rings. The number of hydrogen-bond donors (Lipinski definition) is 3. The van der Waals surface area contributed by atoms with Crippen molar-refractivity contribution < 1.29 is 23.4 Å². The summed E-state index contributed by atoms with van der Waals surface area (Å²) in [5.41, 5.74) is 6.84. The summed E-state index contributed by atoms with van der Waals surface area (Å²) in [5.74, 6) is -1.04. The summed E-state index contributed by atoms with van der Waals surface area (Å²) in [5, 5.41) is 15.0. The predicted molar refractivity (Wildman–Crippen MR) is 143 cm³/mol. The molecule has 1 atom stereocenters. The van der Waals surface area contributed by atoms with E-state index in [1.165, 1.54) is 11.1 Å². The molecule has 5 amide bonds. The van der Waals surface area contributed by atoms with Crippen molar-refractivity contribution in [3.63, 3.8) is 0 Å². The number of imide groups is 1. The van der Waals surface area contributed by atoms with E-state index in [-0.39, 0.29) is 17.3 Å². The van der Waals surface area contributed by atoms with Gasteiger partial charge in [0.15, 0.2) is 0 Å². The van der Waals surface area contributed by atoms with Gasteiger partial charge < -0.3 is 10.6 Å². The number of rotatable bonds is 5. The van der Waals surface area contributed by atoms with Crippen molar-refractivity contribution in [1.29, 1.82) is 0 Å². The van der Waals surface area contributed by atoms with Gasteiger partial charge in [-0.25, -0.2) is 23.6 Å². The van der Waals surface area contributed by atoms with Gasteiger partial charge in [0.1, 0.15) is 21.4 Å². The van der Waals surface area contributed by atoms with Gasteiger partial charge in [-0.1, -0.05) is 13.0 Å². The number of urea groups is 2. The van der Waals surface area contributed by atoms with Crippen molar-refractivity contribution in [2.75, 3.05) is 18.4 Å². The molecule has 0 fully saturated rings. The van der Waals surface area contributed by atoms with Crippen molar-refractivity contribution in [3.8, 4) is 0 Å². The first-order valence-electron chi connectivity index (χ1n) is 13.0. The van der Waals surface area contributed by atoms with Crippen LogP contribution in [0.15, 0.2) is 38.9 Å². The fraction of sp³-hybridized carbons (Fsp3) is 0.423. The van der Waals surface area contributed by atoms with E-state index in [1.807, 2.05) is 6.92 Å². The molecular weight excluding hydrogens is 522 g/mol. The Hall–Kier alpha value is -3.84. The fourth-order valence-corrected chi connectivity index (χ4v) is 6.41. The number of aryl methyl sites for hydroxylation is 2. The molecule has 39 heavy (non-hydrogen) atoms. The van der Waals surface area contributed by atoms with Gasteiger partial charge in [0.05, 0.1) is 18.9 Å². The molecule has 0 saturated carbocycles. The van der Waals surface area contributed by atoms with E-state index in [2.05, 4.69) is 26.2 Å². The lowest BCUT2D eigenvalue weighted by Crippen LogP contribution is -2.44. The van der Waals surface area contributed by atoms with E-state index in [0.717, 1.165) is 82.9 Å². The lowest BCUT2D eigenvalue weighted by molar-refractivity contribution is -0.123. The van der Waals surface area contributed by atoms with Crippen molar-refractivity contribution in [3.05, 3.63) is 51.9 Å². The van der Waals surface area contributed by atoms with E-state index in [4.69, 9.17) is 5.14 Å². The minimum absolute atomic E-state index is 0.108. The van der Waals surface area contributed by atoms with Gasteiger partial charge in [0.25, 0.3) is 11.8 Å². The summed E-state index contributed by atoms with van der Waals surface area (Å²) in [7, 11) is -3.71. The van der Waals surface area contributed by atoms with Crippen LogP contribution in [0.25, 0.3) is 0 Å². The van der Waals surface area contributed by atoms with Gasteiger partial charge in [-0.05, 0) is 79.7 Å². The first kappa shape index (κ1) is 26.8. The largest absolute Gasteiger partial charge is 0.354 e. The van der Waals surface area contributed by atoms with Crippen LogP contribution in [0.1, 0.15) is 60.2 Å². The number of aromatic nitrogens is 2. The molecule has 0 radical (unpaired) electrons. The van der Waals surface area contributed by atoms with Gasteiger partial charge in [-0.2, -0.15) is 5.10 Å². The highest BCUT2D eigenvalue weighted by atomic mass is 32.2. The molecule has 1 aliphatic heterocycles. The Kier molecular flexibility index (Phi) is 7.12. The molecule has 0 bridgehead atoms. The van der Waals surface area contributed by atoms with Crippen LogP contribution in [0.3, 0.4) is 0 Å². The van der Waals surface area contributed by atoms with Crippen LogP contribution in [0.5, 0.6) is 0 Å². The monoisotopic (exact) mass is 553 g/mol. The lowest BCUT2D eigenvalue weighted by atomic mass is 9.99. The maximum absolute atomic E-state index is 13.1. The molecule has 2 heterocycles. The lowest BCUT2D eigenvalue weighted by Gasteiger charge is -2.15. The second kappa shape index (κ2) is 10.4. The van der Waals surface area contributed by atoms with Gasteiger partial charge in [0.2, 0.25) is 0 Å². The molecule has 1 aromatic heterocycles. The molecule has 5 rings (SSSR count). The molecule has 206 valence electrons. The number of carbonyl (C=O) groups is 4.